The molecule has 0 bridgehead atoms. The summed E-state index contributed by atoms with van der Waals surface area (Å²) in [7, 11) is -2.39. The average Bonchev–Trinajstić information content (AvgIpc) is 2.28. The molecule has 0 amide bonds. The molecule has 6 nitrogen and oxygen atoms in total. The van der Waals surface area contributed by atoms with E-state index in [0.29, 0.717) is 0 Å². The second kappa shape index (κ2) is 5.70. The summed E-state index contributed by atoms with van der Waals surface area (Å²) >= 11 is 4.78. The van der Waals surface area contributed by atoms with Gasteiger partial charge in [0.15, 0.2) is 0 Å². The predicted octanol–water partition coefficient (Wildman–Crippen LogP) is -0.283. The lowest BCUT2D eigenvalue weighted by Gasteiger charge is -2.19. The van der Waals surface area contributed by atoms with Crippen molar-refractivity contribution in [1.29, 1.82) is 0 Å². The molecule has 100 valence electrons. The standard InChI is InChI=1S/C10H15N3O3S2/c1-7(14)6-13(2)18(15,16)8-4-3-5-12-9(8)10(11)17/h3-5,7,14H,6H2,1-2H3,(H2,11,17). The number of hydrogen-bond acceptors (Lipinski definition) is 5. The van der Waals surface area contributed by atoms with Crippen molar-refractivity contribution in [1.82, 2.24) is 9.29 Å². The Morgan fingerprint density at radius 3 is 2.78 bits per heavy atom. The van der Waals surface area contributed by atoms with Crippen LogP contribution in [0.4, 0.5) is 0 Å². The van der Waals surface area contributed by atoms with Crippen LogP contribution in [0, 0.1) is 0 Å². The highest BCUT2D eigenvalue weighted by atomic mass is 32.2. The van der Waals surface area contributed by atoms with Crippen molar-refractivity contribution in [3.8, 4) is 0 Å². The quantitative estimate of drug-likeness (QED) is 0.724. The van der Waals surface area contributed by atoms with Crippen LogP contribution in [0.5, 0.6) is 0 Å². The van der Waals surface area contributed by atoms with E-state index in [4.69, 9.17) is 18.0 Å². The van der Waals surface area contributed by atoms with Crippen LogP contribution in [0.2, 0.25) is 0 Å². The Labute approximate surface area is 111 Å². The molecule has 8 heteroatoms. The van der Waals surface area contributed by atoms with Crippen molar-refractivity contribution < 1.29 is 13.5 Å². The normalized spacial score (nSPS) is 13.6. The maximum atomic E-state index is 12.3. The maximum absolute atomic E-state index is 12.3. The lowest BCUT2D eigenvalue weighted by molar-refractivity contribution is 0.171. The molecule has 0 saturated heterocycles. The van der Waals surface area contributed by atoms with E-state index in [1.807, 2.05) is 0 Å². The Morgan fingerprint density at radius 1 is 1.67 bits per heavy atom. The van der Waals surface area contributed by atoms with Crippen molar-refractivity contribution in [3.05, 3.63) is 24.0 Å². The zero-order chi connectivity index (χ0) is 13.9. The summed E-state index contributed by atoms with van der Waals surface area (Å²) in [5.41, 5.74) is 5.51. The summed E-state index contributed by atoms with van der Waals surface area (Å²) in [6.07, 6.45) is 0.650. The number of nitrogens with two attached hydrogens (primary N) is 1. The smallest absolute Gasteiger partial charge is 0.245 e. The third kappa shape index (κ3) is 3.22. The SMILES string of the molecule is CC(O)CN(C)S(=O)(=O)c1cccnc1C(N)=S. The number of likely N-dealkylation sites (N-methyl/N-ethyl adjacent to an activating group) is 1. The molecule has 3 N–H and O–H groups in total. The molecule has 0 spiro atoms. The van der Waals surface area contributed by atoms with Crippen molar-refractivity contribution in [2.75, 3.05) is 13.6 Å². The minimum Gasteiger partial charge on any atom is -0.392 e. The molecule has 1 aromatic heterocycles. The van der Waals surface area contributed by atoms with Gasteiger partial charge in [0.25, 0.3) is 0 Å². The van der Waals surface area contributed by atoms with E-state index in [1.54, 1.807) is 0 Å². The van der Waals surface area contributed by atoms with Crippen LogP contribution in [0.1, 0.15) is 12.6 Å². The van der Waals surface area contributed by atoms with Gasteiger partial charge in [0.1, 0.15) is 15.6 Å². The highest BCUT2D eigenvalue weighted by Gasteiger charge is 2.26. The predicted molar refractivity (Wildman–Crippen MR) is 71.6 cm³/mol. The van der Waals surface area contributed by atoms with E-state index >= 15 is 0 Å². The van der Waals surface area contributed by atoms with Gasteiger partial charge in [-0.05, 0) is 19.1 Å². The minimum atomic E-state index is -3.77. The first kappa shape index (κ1) is 15.0. The van der Waals surface area contributed by atoms with E-state index in [1.165, 1.54) is 32.3 Å². The Kier molecular flexibility index (Phi) is 4.74. The molecular formula is C10H15N3O3S2. The average molecular weight is 289 g/mol. The van der Waals surface area contributed by atoms with Gasteiger partial charge < -0.3 is 10.8 Å². The maximum Gasteiger partial charge on any atom is 0.245 e. The molecule has 0 aromatic carbocycles. The van der Waals surface area contributed by atoms with Gasteiger partial charge in [0, 0.05) is 19.8 Å². The molecule has 0 radical (unpaired) electrons. The fourth-order valence-electron chi connectivity index (χ4n) is 1.42. The van der Waals surface area contributed by atoms with E-state index < -0.39 is 16.1 Å². The minimum absolute atomic E-state index is 0.0198. The Hall–Kier alpha value is -1.09. The van der Waals surface area contributed by atoms with Gasteiger partial charge in [0.05, 0.1) is 6.10 Å². The Morgan fingerprint density at radius 2 is 2.28 bits per heavy atom. The van der Waals surface area contributed by atoms with E-state index in [-0.39, 0.29) is 22.1 Å². The van der Waals surface area contributed by atoms with E-state index in [2.05, 4.69) is 4.98 Å². The molecule has 0 saturated carbocycles. The molecule has 1 rings (SSSR count). The largest absolute Gasteiger partial charge is 0.392 e. The third-order valence-corrected chi connectivity index (χ3v) is 4.26. The van der Waals surface area contributed by atoms with Gasteiger partial charge in [-0.15, -0.1) is 0 Å². The molecule has 1 atom stereocenters. The van der Waals surface area contributed by atoms with Gasteiger partial charge in [0.2, 0.25) is 10.0 Å². The molecule has 1 aromatic rings. The molecule has 0 fully saturated rings. The first-order valence-electron chi connectivity index (χ1n) is 5.16. The van der Waals surface area contributed by atoms with E-state index in [9.17, 15) is 13.5 Å². The van der Waals surface area contributed by atoms with Crippen LogP contribution in [-0.2, 0) is 10.0 Å². The topological polar surface area (TPSA) is 96.5 Å². The van der Waals surface area contributed by atoms with Gasteiger partial charge >= 0.3 is 0 Å². The number of sulfonamides is 1. The summed E-state index contributed by atoms with van der Waals surface area (Å²) in [5, 5.41) is 9.24. The van der Waals surface area contributed by atoms with Gasteiger partial charge in [-0.2, -0.15) is 4.31 Å². The fraction of sp³-hybridized carbons (Fsp3) is 0.400. The van der Waals surface area contributed by atoms with Crippen LogP contribution in [0.25, 0.3) is 0 Å². The Balaban J connectivity index is 3.24. The van der Waals surface area contributed by atoms with Crippen LogP contribution >= 0.6 is 12.2 Å². The summed E-state index contributed by atoms with van der Waals surface area (Å²) in [5.74, 6) is 0. The molecule has 0 aliphatic heterocycles. The van der Waals surface area contributed by atoms with E-state index in [0.717, 1.165) is 4.31 Å². The number of hydrogen-bond donors (Lipinski definition) is 2. The Bertz CT molecular complexity index is 543. The van der Waals surface area contributed by atoms with Gasteiger partial charge in [-0.3, -0.25) is 4.98 Å². The molecular weight excluding hydrogens is 274 g/mol. The zero-order valence-electron chi connectivity index (χ0n) is 10.1. The number of thiocarbonyl (C=S) groups is 1. The fourth-order valence-corrected chi connectivity index (χ4v) is 3.05. The number of pyridine rings is 1. The van der Waals surface area contributed by atoms with Crippen LogP contribution in [0.3, 0.4) is 0 Å². The molecule has 0 aliphatic rings. The molecule has 1 unspecified atom stereocenters. The van der Waals surface area contributed by atoms with Crippen LogP contribution < -0.4 is 5.73 Å². The second-order valence-corrected chi connectivity index (χ2v) is 6.30. The van der Waals surface area contributed by atoms with Crippen LogP contribution in [0.15, 0.2) is 23.2 Å². The second-order valence-electron chi connectivity index (χ2n) is 3.85. The third-order valence-electron chi connectivity index (χ3n) is 2.21. The van der Waals surface area contributed by atoms with Crippen molar-refractivity contribution in [3.63, 3.8) is 0 Å². The van der Waals surface area contributed by atoms with Gasteiger partial charge in [-0.25, -0.2) is 8.42 Å². The number of nitrogens with zero attached hydrogens (tertiary/aromatic N) is 2. The number of aliphatic hydroxyl groups is 1. The summed E-state index contributed by atoms with van der Waals surface area (Å²) in [6, 6.07) is 2.88. The first-order chi connectivity index (χ1) is 8.26. The molecule has 1 heterocycles. The highest BCUT2D eigenvalue weighted by molar-refractivity contribution is 7.89. The summed E-state index contributed by atoms with van der Waals surface area (Å²) in [6.45, 7) is 1.48. The van der Waals surface area contributed by atoms with Gasteiger partial charge in [-0.1, -0.05) is 12.2 Å². The highest BCUT2D eigenvalue weighted by Crippen LogP contribution is 2.17. The first-order valence-corrected chi connectivity index (χ1v) is 7.01. The zero-order valence-corrected chi connectivity index (χ0v) is 11.7. The van der Waals surface area contributed by atoms with Crippen molar-refractivity contribution >= 4 is 27.2 Å². The summed E-state index contributed by atoms with van der Waals surface area (Å²) < 4.78 is 25.5. The lowest BCUT2D eigenvalue weighted by Crippen LogP contribution is -2.34. The van der Waals surface area contributed by atoms with Crippen molar-refractivity contribution in [2.24, 2.45) is 5.73 Å². The monoisotopic (exact) mass is 289 g/mol. The van der Waals surface area contributed by atoms with Crippen molar-refractivity contribution in [2.45, 2.75) is 17.9 Å². The van der Waals surface area contributed by atoms with Crippen LogP contribution in [-0.4, -0.2) is 47.5 Å². The number of rotatable bonds is 5. The summed E-state index contributed by atoms with van der Waals surface area (Å²) in [4.78, 5) is 3.73. The molecule has 0 aliphatic carbocycles. The number of aliphatic hydroxyl groups excluding tert-OH is 1. The lowest BCUT2D eigenvalue weighted by atomic mass is 10.3. The number of aromatic nitrogens is 1. The molecule has 18 heavy (non-hydrogen) atoms.